The normalized spacial score (nSPS) is 18.5. The average molecular weight is 255 g/mol. The van der Waals surface area contributed by atoms with Crippen LogP contribution in [-0.2, 0) is 0 Å². The summed E-state index contributed by atoms with van der Waals surface area (Å²) in [5, 5.41) is 0.571. The highest BCUT2D eigenvalue weighted by Gasteiger charge is 2.20. The molecule has 2 heterocycles. The van der Waals surface area contributed by atoms with E-state index in [4.69, 9.17) is 0 Å². The lowest BCUT2D eigenvalue weighted by molar-refractivity contribution is 0.252. The Labute approximate surface area is 106 Å². The van der Waals surface area contributed by atoms with Crippen molar-refractivity contribution >= 4 is 11.8 Å². The molecule has 0 spiro atoms. The maximum atomic E-state index is 13.4. The number of likely N-dealkylation sites (tertiary alicyclic amines) is 1. The third-order valence-electron chi connectivity index (χ3n) is 3.10. The van der Waals surface area contributed by atoms with Crippen molar-refractivity contribution in [3.05, 3.63) is 17.7 Å². The van der Waals surface area contributed by atoms with E-state index in [1.807, 2.05) is 6.92 Å². The predicted molar refractivity (Wildman–Crippen MR) is 67.9 cm³/mol. The largest absolute Gasteiger partial charge is 0.306 e. The van der Waals surface area contributed by atoms with Crippen LogP contribution in [0.5, 0.6) is 0 Å². The van der Waals surface area contributed by atoms with Gasteiger partial charge in [0, 0.05) is 12.0 Å². The van der Waals surface area contributed by atoms with Crippen LogP contribution in [0.1, 0.15) is 31.4 Å². The number of thioether (sulfide) groups is 1. The minimum absolute atomic E-state index is 0.389. The lowest BCUT2D eigenvalue weighted by atomic mass is 9.94. The summed E-state index contributed by atoms with van der Waals surface area (Å²) >= 11 is 1.50. The molecule has 94 valence electrons. The minimum atomic E-state index is -0.398. The van der Waals surface area contributed by atoms with Gasteiger partial charge < -0.3 is 4.90 Å². The fourth-order valence-electron chi connectivity index (χ4n) is 2.12. The molecular formula is C12H18FN3S. The number of rotatable bonds is 3. The molecule has 1 aromatic heterocycles. The maximum absolute atomic E-state index is 13.4. The topological polar surface area (TPSA) is 29.0 Å². The first-order chi connectivity index (χ1) is 8.19. The summed E-state index contributed by atoms with van der Waals surface area (Å²) in [5.74, 6) is 0.862. The summed E-state index contributed by atoms with van der Waals surface area (Å²) < 4.78 is 13.4. The van der Waals surface area contributed by atoms with E-state index >= 15 is 0 Å². The molecule has 1 fully saturated rings. The van der Waals surface area contributed by atoms with Crippen LogP contribution in [0, 0.1) is 5.95 Å². The van der Waals surface area contributed by atoms with E-state index in [0.29, 0.717) is 11.1 Å². The van der Waals surface area contributed by atoms with Crippen molar-refractivity contribution in [1.29, 1.82) is 0 Å². The molecule has 1 aliphatic rings. The number of aromatic nitrogens is 2. The molecule has 17 heavy (non-hydrogen) atoms. The highest BCUT2D eigenvalue weighted by Crippen LogP contribution is 2.27. The first-order valence-corrected chi connectivity index (χ1v) is 7.03. The molecule has 0 bridgehead atoms. The van der Waals surface area contributed by atoms with Crippen molar-refractivity contribution in [2.24, 2.45) is 0 Å². The average Bonchev–Trinajstić information content (AvgIpc) is 2.29. The zero-order valence-electron chi connectivity index (χ0n) is 10.3. The Hall–Kier alpha value is -0.680. The van der Waals surface area contributed by atoms with E-state index in [9.17, 15) is 4.39 Å². The molecule has 2 rings (SSSR count). The summed E-state index contributed by atoms with van der Waals surface area (Å²) in [7, 11) is 2.12. The smallest absolute Gasteiger partial charge is 0.217 e. The Bertz CT molecular complexity index is 378. The van der Waals surface area contributed by atoms with Crippen LogP contribution in [0.15, 0.2) is 11.2 Å². The second-order valence-electron chi connectivity index (χ2n) is 4.41. The molecule has 0 aliphatic carbocycles. The van der Waals surface area contributed by atoms with E-state index in [-0.39, 0.29) is 0 Å². The minimum Gasteiger partial charge on any atom is -0.306 e. The monoisotopic (exact) mass is 255 g/mol. The summed E-state index contributed by atoms with van der Waals surface area (Å²) in [6.07, 6.45) is 2.12. The number of piperidine rings is 1. The number of hydrogen-bond donors (Lipinski definition) is 0. The van der Waals surface area contributed by atoms with E-state index in [1.54, 1.807) is 0 Å². The molecule has 1 aliphatic heterocycles. The Morgan fingerprint density at radius 3 is 2.76 bits per heavy atom. The SMILES string of the molecule is CCSc1nc(F)cc(C2CCN(C)CC2)n1. The zero-order chi connectivity index (χ0) is 12.3. The third-order valence-corrected chi connectivity index (χ3v) is 3.83. The lowest BCUT2D eigenvalue weighted by Gasteiger charge is -2.28. The molecule has 0 amide bonds. The van der Waals surface area contributed by atoms with Gasteiger partial charge in [-0.2, -0.15) is 9.37 Å². The van der Waals surface area contributed by atoms with Crippen LogP contribution in [0.4, 0.5) is 4.39 Å². The van der Waals surface area contributed by atoms with Gasteiger partial charge in [0.1, 0.15) is 0 Å². The molecule has 1 aromatic rings. The van der Waals surface area contributed by atoms with Gasteiger partial charge in [0.15, 0.2) is 5.16 Å². The van der Waals surface area contributed by atoms with Crippen LogP contribution < -0.4 is 0 Å². The molecule has 0 unspecified atom stereocenters. The predicted octanol–water partition coefficient (Wildman–Crippen LogP) is 2.54. The summed E-state index contributed by atoms with van der Waals surface area (Å²) in [4.78, 5) is 10.6. The van der Waals surface area contributed by atoms with Gasteiger partial charge in [0.25, 0.3) is 0 Å². The van der Waals surface area contributed by atoms with Crippen molar-refractivity contribution in [1.82, 2.24) is 14.9 Å². The Morgan fingerprint density at radius 2 is 2.12 bits per heavy atom. The van der Waals surface area contributed by atoms with E-state index in [1.165, 1.54) is 17.8 Å². The second-order valence-corrected chi connectivity index (χ2v) is 5.64. The van der Waals surface area contributed by atoms with Crippen LogP contribution in [0.25, 0.3) is 0 Å². The van der Waals surface area contributed by atoms with Gasteiger partial charge >= 0.3 is 0 Å². The molecule has 0 radical (unpaired) electrons. The Kier molecular flexibility index (Phi) is 4.34. The van der Waals surface area contributed by atoms with Gasteiger partial charge in [-0.05, 0) is 38.7 Å². The summed E-state index contributed by atoms with van der Waals surface area (Å²) in [5.41, 5.74) is 0.876. The molecule has 1 saturated heterocycles. The fraction of sp³-hybridized carbons (Fsp3) is 0.667. The highest BCUT2D eigenvalue weighted by molar-refractivity contribution is 7.99. The lowest BCUT2D eigenvalue weighted by Crippen LogP contribution is -2.29. The Morgan fingerprint density at radius 1 is 1.41 bits per heavy atom. The van der Waals surface area contributed by atoms with E-state index in [2.05, 4.69) is 21.9 Å². The highest BCUT2D eigenvalue weighted by atomic mass is 32.2. The van der Waals surface area contributed by atoms with Gasteiger partial charge in [-0.1, -0.05) is 18.7 Å². The standard InChI is InChI=1S/C12H18FN3S/c1-3-17-12-14-10(8-11(13)15-12)9-4-6-16(2)7-5-9/h8-9H,3-7H2,1-2H3. The van der Waals surface area contributed by atoms with Crippen LogP contribution in [0.2, 0.25) is 0 Å². The maximum Gasteiger partial charge on any atom is 0.217 e. The Balaban J connectivity index is 2.14. The molecule has 0 atom stereocenters. The molecule has 0 saturated carbocycles. The van der Waals surface area contributed by atoms with Crippen molar-refractivity contribution in [2.75, 3.05) is 25.9 Å². The van der Waals surface area contributed by atoms with Gasteiger partial charge in [0.05, 0.1) is 5.69 Å². The first-order valence-electron chi connectivity index (χ1n) is 6.05. The van der Waals surface area contributed by atoms with Gasteiger partial charge in [0.2, 0.25) is 5.95 Å². The van der Waals surface area contributed by atoms with Crippen LogP contribution in [-0.4, -0.2) is 40.8 Å². The molecule has 3 nitrogen and oxygen atoms in total. The van der Waals surface area contributed by atoms with E-state index in [0.717, 1.165) is 37.4 Å². The first kappa shape index (κ1) is 12.8. The number of nitrogens with zero attached hydrogens (tertiary/aromatic N) is 3. The number of halogens is 1. The van der Waals surface area contributed by atoms with Gasteiger partial charge in [-0.25, -0.2) is 4.98 Å². The van der Waals surface area contributed by atoms with Crippen molar-refractivity contribution in [3.63, 3.8) is 0 Å². The van der Waals surface area contributed by atoms with Crippen molar-refractivity contribution in [2.45, 2.75) is 30.8 Å². The fourth-order valence-corrected chi connectivity index (χ4v) is 2.70. The second kappa shape index (κ2) is 5.78. The quantitative estimate of drug-likeness (QED) is 0.471. The number of hydrogen-bond acceptors (Lipinski definition) is 4. The summed E-state index contributed by atoms with van der Waals surface area (Å²) in [6, 6.07) is 1.50. The molecule has 5 heteroatoms. The van der Waals surface area contributed by atoms with E-state index < -0.39 is 5.95 Å². The van der Waals surface area contributed by atoms with Crippen LogP contribution in [0.3, 0.4) is 0 Å². The summed E-state index contributed by atoms with van der Waals surface area (Å²) in [6.45, 7) is 4.15. The van der Waals surface area contributed by atoms with Crippen molar-refractivity contribution < 1.29 is 4.39 Å². The molecule has 0 aromatic carbocycles. The van der Waals surface area contributed by atoms with Crippen molar-refractivity contribution in [3.8, 4) is 0 Å². The molecule has 0 N–H and O–H groups in total. The zero-order valence-corrected chi connectivity index (χ0v) is 11.1. The van der Waals surface area contributed by atoms with Gasteiger partial charge in [-0.3, -0.25) is 0 Å². The third kappa shape index (κ3) is 3.39. The van der Waals surface area contributed by atoms with Gasteiger partial charge in [-0.15, -0.1) is 0 Å². The molecular weight excluding hydrogens is 237 g/mol. The van der Waals surface area contributed by atoms with Crippen LogP contribution >= 0.6 is 11.8 Å².